The van der Waals surface area contributed by atoms with Crippen molar-refractivity contribution < 1.29 is 15.0 Å². The van der Waals surface area contributed by atoms with Crippen molar-refractivity contribution in [2.45, 2.75) is 31.8 Å². The van der Waals surface area contributed by atoms with Gasteiger partial charge in [-0.15, -0.1) is 0 Å². The molecule has 0 bridgehead atoms. The van der Waals surface area contributed by atoms with Gasteiger partial charge in [-0.05, 0) is 31.0 Å². The molecule has 2 rings (SSSR count). The van der Waals surface area contributed by atoms with Crippen LogP contribution < -0.4 is 5.32 Å². The number of hydrogen-bond acceptors (Lipinski definition) is 3. The fourth-order valence-electron chi connectivity index (χ4n) is 2.52. The molecule has 0 aliphatic heterocycles. The Hall–Kier alpha value is -1.26. The first-order valence-corrected chi connectivity index (χ1v) is 6.90. The number of hydrogen-bond donors (Lipinski definition) is 3. The van der Waals surface area contributed by atoms with Crippen LogP contribution in [-0.2, 0) is 0 Å². The summed E-state index contributed by atoms with van der Waals surface area (Å²) < 4.78 is 0. The second-order valence-electron chi connectivity index (χ2n) is 4.99. The molecule has 1 saturated carbocycles. The SMILES string of the molecule is O=C(O)c1ccc(Cl)cc1NCC1CCCCC1O. The third-order valence-electron chi connectivity index (χ3n) is 3.64. The molecule has 19 heavy (non-hydrogen) atoms. The van der Waals surface area contributed by atoms with Gasteiger partial charge in [-0.3, -0.25) is 0 Å². The van der Waals surface area contributed by atoms with E-state index in [1.165, 1.54) is 6.07 Å². The summed E-state index contributed by atoms with van der Waals surface area (Å²) in [5.74, 6) is -0.808. The first-order chi connectivity index (χ1) is 9.08. The largest absolute Gasteiger partial charge is 0.478 e. The topological polar surface area (TPSA) is 69.6 Å². The number of carboxylic acid groups (broad SMARTS) is 1. The Bertz CT molecular complexity index is 464. The second-order valence-corrected chi connectivity index (χ2v) is 5.42. The second kappa shape index (κ2) is 6.26. The van der Waals surface area contributed by atoms with Crippen molar-refractivity contribution in [3.05, 3.63) is 28.8 Å². The number of nitrogens with one attached hydrogen (secondary N) is 1. The zero-order chi connectivity index (χ0) is 13.8. The third-order valence-corrected chi connectivity index (χ3v) is 3.87. The van der Waals surface area contributed by atoms with Gasteiger partial charge in [-0.2, -0.15) is 0 Å². The lowest BCUT2D eigenvalue weighted by Gasteiger charge is -2.28. The van der Waals surface area contributed by atoms with E-state index in [0.717, 1.165) is 25.7 Å². The smallest absolute Gasteiger partial charge is 0.337 e. The number of halogens is 1. The minimum absolute atomic E-state index is 0.175. The average Bonchev–Trinajstić information content (AvgIpc) is 2.37. The number of carboxylic acids is 1. The zero-order valence-electron chi connectivity index (χ0n) is 10.6. The molecule has 1 aliphatic carbocycles. The maximum atomic E-state index is 11.1. The Morgan fingerprint density at radius 3 is 2.79 bits per heavy atom. The molecule has 2 atom stereocenters. The van der Waals surface area contributed by atoms with Gasteiger partial charge in [0.1, 0.15) is 0 Å². The van der Waals surface area contributed by atoms with Gasteiger partial charge in [0.05, 0.1) is 17.4 Å². The van der Waals surface area contributed by atoms with Crippen molar-refractivity contribution in [3.8, 4) is 0 Å². The predicted molar refractivity (Wildman–Crippen MR) is 74.9 cm³/mol. The molecule has 3 N–H and O–H groups in total. The van der Waals surface area contributed by atoms with E-state index in [0.29, 0.717) is 17.3 Å². The van der Waals surface area contributed by atoms with Crippen LogP contribution in [-0.4, -0.2) is 28.8 Å². The Balaban J connectivity index is 2.05. The molecular formula is C14H18ClNO3. The number of aliphatic hydroxyl groups excluding tert-OH is 1. The van der Waals surface area contributed by atoms with Gasteiger partial charge in [0.2, 0.25) is 0 Å². The normalized spacial score (nSPS) is 23.1. The monoisotopic (exact) mass is 283 g/mol. The standard InChI is InChI=1S/C14H18ClNO3/c15-10-5-6-11(14(18)19)12(7-10)16-8-9-3-1-2-4-13(9)17/h5-7,9,13,16-17H,1-4,8H2,(H,18,19). The Morgan fingerprint density at radius 2 is 2.11 bits per heavy atom. The lowest BCUT2D eigenvalue weighted by Crippen LogP contribution is -2.30. The number of carbonyl (C=O) groups is 1. The number of benzene rings is 1. The fraction of sp³-hybridized carbons (Fsp3) is 0.500. The van der Waals surface area contributed by atoms with Gasteiger partial charge in [0.25, 0.3) is 0 Å². The van der Waals surface area contributed by atoms with E-state index in [1.54, 1.807) is 12.1 Å². The average molecular weight is 284 g/mol. The van der Waals surface area contributed by atoms with E-state index in [9.17, 15) is 9.90 Å². The van der Waals surface area contributed by atoms with E-state index < -0.39 is 5.97 Å². The molecule has 1 aromatic carbocycles. The Morgan fingerprint density at radius 1 is 1.37 bits per heavy atom. The molecule has 1 aromatic rings. The summed E-state index contributed by atoms with van der Waals surface area (Å²) >= 11 is 5.89. The number of anilines is 1. The number of aromatic carboxylic acids is 1. The van der Waals surface area contributed by atoms with Crippen LogP contribution in [0.1, 0.15) is 36.0 Å². The summed E-state index contributed by atoms with van der Waals surface area (Å²) in [7, 11) is 0. The summed E-state index contributed by atoms with van der Waals surface area (Å²) in [6.07, 6.45) is 3.68. The molecule has 2 unspecified atom stereocenters. The molecule has 0 radical (unpaired) electrons. The lowest BCUT2D eigenvalue weighted by atomic mass is 9.86. The van der Waals surface area contributed by atoms with Crippen molar-refractivity contribution in [3.63, 3.8) is 0 Å². The highest BCUT2D eigenvalue weighted by atomic mass is 35.5. The molecule has 0 heterocycles. The molecule has 0 saturated heterocycles. The van der Waals surface area contributed by atoms with Crippen molar-refractivity contribution >= 4 is 23.3 Å². The molecule has 1 aliphatic rings. The van der Waals surface area contributed by atoms with Crippen LogP contribution in [0.15, 0.2) is 18.2 Å². The summed E-state index contributed by atoms with van der Waals surface area (Å²) in [6, 6.07) is 4.66. The first-order valence-electron chi connectivity index (χ1n) is 6.52. The molecule has 4 nitrogen and oxygen atoms in total. The minimum Gasteiger partial charge on any atom is -0.478 e. The van der Waals surface area contributed by atoms with E-state index >= 15 is 0 Å². The molecule has 0 spiro atoms. The van der Waals surface area contributed by atoms with Crippen LogP contribution in [0.4, 0.5) is 5.69 Å². The van der Waals surface area contributed by atoms with Crippen LogP contribution in [0.3, 0.4) is 0 Å². The van der Waals surface area contributed by atoms with Crippen LogP contribution in [0.2, 0.25) is 5.02 Å². The highest BCUT2D eigenvalue weighted by molar-refractivity contribution is 6.31. The van der Waals surface area contributed by atoms with Crippen LogP contribution >= 0.6 is 11.6 Å². The number of rotatable bonds is 4. The highest BCUT2D eigenvalue weighted by Crippen LogP contribution is 2.26. The summed E-state index contributed by atoms with van der Waals surface area (Å²) in [6.45, 7) is 0.571. The van der Waals surface area contributed by atoms with Gasteiger partial charge in [0.15, 0.2) is 0 Å². The van der Waals surface area contributed by atoms with Gasteiger partial charge >= 0.3 is 5.97 Å². The Kier molecular flexibility index (Phi) is 4.66. The molecule has 104 valence electrons. The molecule has 0 amide bonds. The van der Waals surface area contributed by atoms with E-state index in [4.69, 9.17) is 16.7 Å². The van der Waals surface area contributed by atoms with Crippen molar-refractivity contribution in [1.82, 2.24) is 0 Å². The lowest BCUT2D eigenvalue weighted by molar-refractivity contribution is 0.0697. The van der Waals surface area contributed by atoms with Gasteiger partial charge in [-0.25, -0.2) is 4.79 Å². The van der Waals surface area contributed by atoms with E-state index in [1.807, 2.05) is 0 Å². The predicted octanol–water partition coefficient (Wildman–Crippen LogP) is 3.00. The van der Waals surface area contributed by atoms with Gasteiger partial charge in [-0.1, -0.05) is 24.4 Å². The molecule has 0 aromatic heterocycles. The fourth-order valence-corrected chi connectivity index (χ4v) is 2.69. The summed E-state index contributed by atoms with van der Waals surface area (Å²) in [4.78, 5) is 11.1. The van der Waals surface area contributed by atoms with E-state index in [2.05, 4.69) is 5.32 Å². The van der Waals surface area contributed by atoms with Gasteiger partial charge < -0.3 is 15.5 Å². The number of aliphatic hydroxyl groups is 1. The van der Waals surface area contributed by atoms with Crippen LogP contribution in [0.5, 0.6) is 0 Å². The maximum Gasteiger partial charge on any atom is 0.337 e. The maximum absolute atomic E-state index is 11.1. The molecule has 1 fully saturated rings. The van der Waals surface area contributed by atoms with Crippen molar-refractivity contribution in [1.29, 1.82) is 0 Å². The van der Waals surface area contributed by atoms with E-state index in [-0.39, 0.29) is 17.6 Å². The van der Waals surface area contributed by atoms with Crippen LogP contribution in [0.25, 0.3) is 0 Å². The minimum atomic E-state index is -0.983. The van der Waals surface area contributed by atoms with Gasteiger partial charge in [0, 0.05) is 17.5 Å². The molecular weight excluding hydrogens is 266 g/mol. The first kappa shape index (κ1) is 14.2. The third kappa shape index (κ3) is 3.61. The summed E-state index contributed by atoms with van der Waals surface area (Å²) in [5.41, 5.74) is 0.715. The van der Waals surface area contributed by atoms with Crippen molar-refractivity contribution in [2.24, 2.45) is 5.92 Å². The quantitative estimate of drug-likeness (QED) is 0.794. The zero-order valence-corrected chi connectivity index (χ0v) is 11.4. The summed E-state index contributed by atoms with van der Waals surface area (Å²) in [5, 5.41) is 22.6. The molecule has 5 heteroatoms. The highest BCUT2D eigenvalue weighted by Gasteiger charge is 2.23. The Labute approximate surface area is 117 Å². The van der Waals surface area contributed by atoms with Crippen LogP contribution in [0, 0.1) is 5.92 Å². The van der Waals surface area contributed by atoms with Crippen molar-refractivity contribution in [2.75, 3.05) is 11.9 Å².